The third-order valence-corrected chi connectivity index (χ3v) is 2.46. The van der Waals surface area contributed by atoms with Gasteiger partial charge in [0, 0.05) is 7.05 Å². The van der Waals surface area contributed by atoms with Gasteiger partial charge >= 0.3 is 6.09 Å². The Balaban J connectivity index is 2.52. The fourth-order valence-corrected chi connectivity index (χ4v) is 1.46. The first-order chi connectivity index (χ1) is 7.52. The lowest BCUT2D eigenvalue weighted by atomic mass is 10.2. The lowest BCUT2D eigenvalue weighted by Gasteiger charge is -2.15. The Bertz CT molecular complexity index is 361. The number of aryl methyl sites for hydroxylation is 1. The molecule has 0 atom stereocenters. The Labute approximate surface area is 99.4 Å². The summed E-state index contributed by atoms with van der Waals surface area (Å²) in [6.07, 6.45) is -0.973. The highest BCUT2D eigenvalue weighted by molar-refractivity contribution is 6.32. The summed E-state index contributed by atoms with van der Waals surface area (Å²) in [5, 5.41) is 9.17. The van der Waals surface area contributed by atoms with E-state index in [9.17, 15) is 4.79 Å². The van der Waals surface area contributed by atoms with Crippen molar-refractivity contribution in [2.24, 2.45) is 0 Å². The van der Waals surface area contributed by atoms with Crippen LogP contribution in [0.3, 0.4) is 0 Å². The summed E-state index contributed by atoms with van der Waals surface area (Å²) in [6.45, 7) is 2.48. The molecule has 0 spiro atoms. The van der Waals surface area contributed by atoms with Crippen LogP contribution in [0.5, 0.6) is 5.75 Å². The minimum absolute atomic E-state index is 0.285. The summed E-state index contributed by atoms with van der Waals surface area (Å²) < 4.78 is 5.45. The molecule has 4 nitrogen and oxygen atoms in total. The van der Waals surface area contributed by atoms with E-state index in [0.29, 0.717) is 17.3 Å². The van der Waals surface area contributed by atoms with Crippen LogP contribution in [0.2, 0.25) is 5.02 Å². The van der Waals surface area contributed by atoms with Crippen LogP contribution in [0, 0.1) is 6.92 Å². The predicted molar refractivity (Wildman–Crippen MR) is 62.3 cm³/mol. The number of carbonyl (C=O) groups is 1. The second kappa shape index (κ2) is 5.61. The summed E-state index contributed by atoms with van der Waals surface area (Å²) in [7, 11) is 1.49. The molecule has 0 radical (unpaired) electrons. The van der Waals surface area contributed by atoms with Crippen molar-refractivity contribution in [2.75, 3.05) is 20.2 Å². The van der Waals surface area contributed by atoms with Crippen molar-refractivity contribution in [3.8, 4) is 5.75 Å². The van der Waals surface area contributed by atoms with Gasteiger partial charge in [0.15, 0.2) is 0 Å². The molecule has 5 heteroatoms. The van der Waals surface area contributed by atoms with Gasteiger partial charge in [-0.25, -0.2) is 4.79 Å². The largest absolute Gasteiger partial charge is 0.490 e. The highest BCUT2D eigenvalue weighted by atomic mass is 35.5. The maximum atomic E-state index is 10.5. The number of nitrogens with zero attached hydrogens (tertiary/aromatic N) is 1. The van der Waals surface area contributed by atoms with E-state index in [0.717, 1.165) is 10.5 Å². The van der Waals surface area contributed by atoms with E-state index in [1.165, 1.54) is 7.05 Å². The highest BCUT2D eigenvalue weighted by Gasteiger charge is 2.07. The highest BCUT2D eigenvalue weighted by Crippen LogP contribution is 2.27. The quantitative estimate of drug-likeness (QED) is 0.885. The maximum absolute atomic E-state index is 10.5. The zero-order valence-corrected chi connectivity index (χ0v) is 9.99. The van der Waals surface area contributed by atoms with Crippen LogP contribution in [0.1, 0.15) is 5.56 Å². The van der Waals surface area contributed by atoms with E-state index >= 15 is 0 Å². The summed E-state index contributed by atoms with van der Waals surface area (Å²) in [5.41, 5.74) is 0.936. The zero-order valence-electron chi connectivity index (χ0n) is 9.24. The number of carboxylic acid groups (broad SMARTS) is 1. The van der Waals surface area contributed by atoms with Crippen LogP contribution < -0.4 is 4.74 Å². The lowest BCUT2D eigenvalue weighted by molar-refractivity contribution is 0.147. The number of hydrogen-bond donors (Lipinski definition) is 1. The SMILES string of the molecule is Cc1cccc(Cl)c1OCCN(C)C(=O)O. The van der Waals surface area contributed by atoms with Crippen LogP contribution in [0.4, 0.5) is 4.79 Å². The van der Waals surface area contributed by atoms with Gasteiger partial charge in [0.2, 0.25) is 0 Å². The molecule has 1 N–H and O–H groups in total. The molecule has 0 unspecified atom stereocenters. The van der Waals surface area contributed by atoms with Crippen molar-refractivity contribution < 1.29 is 14.6 Å². The molecule has 1 aromatic rings. The zero-order chi connectivity index (χ0) is 12.1. The second-order valence-electron chi connectivity index (χ2n) is 3.44. The number of benzene rings is 1. The summed E-state index contributed by atoms with van der Waals surface area (Å²) >= 11 is 5.95. The second-order valence-corrected chi connectivity index (χ2v) is 3.85. The van der Waals surface area contributed by atoms with Gasteiger partial charge in [-0.05, 0) is 18.6 Å². The predicted octanol–water partition coefficient (Wildman–Crippen LogP) is 2.64. The van der Waals surface area contributed by atoms with Crippen molar-refractivity contribution >= 4 is 17.7 Å². The van der Waals surface area contributed by atoms with E-state index in [1.807, 2.05) is 19.1 Å². The van der Waals surface area contributed by atoms with Crippen LogP contribution >= 0.6 is 11.6 Å². The molecule has 0 saturated carbocycles. The van der Waals surface area contributed by atoms with Crippen LogP contribution in [-0.4, -0.2) is 36.3 Å². The fourth-order valence-electron chi connectivity index (χ4n) is 1.18. The van der Waals surface area contributed by atoms with Crippen molar-refractivity contribution in [1.82, 2.24) is 4.90 Å². The number of likely N-dealkylation sites (N-methyl/N-ethyl adjacent to an activating group) is 1. The summed E-state index contributed by atoms with van der Waals surface area (Å²) in [4.78, 5) is 11.7. The van der Waals surface area contributed by atoms with Gasteiger partial charge in [-0.2, -0.15) is 0 Å². The lowest BCUT2D eigenvalue weighted by Crippen LogP contribution is -2.29. The normalized spacial score (nSPS) is 9.94. The number of halogens is 1. The summed E-state index contributed by atoms with van der Waals surface area (Å²) in [6, 6.07) is 5.47. The monoisotopic (exact) mass is 243 g/mol. The molecule has 1 rings (SSSR count). The number of rotatable bonds is 4. The van der Waals surface area contributed by atoms with Crippen molar-refractivity contribution in [1.29, 1.82) is 0 Å². The molecule has 0 bridgehead atoms. The Hall–Kier alpha value is -1.42. The number of hydrogen-bond acceptors (Lipinski definition) is 2. The van der Waals surface area contributed by atoms with Crippen molar-refractivity contribution in [3.05, 3.63) is 28.8 Å². The molecule has 0 heterocycles. The molecule has 0 aliphatic carbocycles. The van der Waals surface area contributed by atoms with Crippen LogP contribution in [0.15, 0.2) is 18.2 Å². The number of amides is 1. The van der Waals surface area contributed by atoms with Crippen molar-refractivity contribution in [3.63, 3.8) is 0 Å². The smallest absolute Gasteiger partial charge is 0.407 e. The molecular weight excluding hydrogens is 230 g/mol. The number of para-hydroxylation sites is 1. The standard InChI is InChI=1S/C11H14ClNO3/c1-8-4-3-5-9(12)10(8)16-7-6-13(2)11(14)15/h3-5H,6-7H2,1-2H3,(H,14,15). The van der Waals surface area contributed by atoms with Gasteiger partial charge in [0.1, 0.15) is 12.4 Å². The van der Waals surface area contributed by atoms with E-state index in [1.54, 1.807) is 6.07 Å². The van der Waals surface area contributed by atoms with Crippen LogP contribution in [0.25, 0.3) is 0 Å². The van der Waals surface area contributed by atoms with Gasteiger partial charge in [-0.3, -0.25) is 0 Å². The van der Waals surface area contributed by atoms with E-state index < -0.39 is 6.09 Å². The average Bonchev–Trinajstić information content (AvgIpc) is 2.22. The molecule has 0 aliphatic heterocycles. The van der Waals surface area contributed by atoms with Gasteiger partial charge < -0.3 is 14.7 Å². The molecule has 0 aromatic heterocycles. The maximum Gasteiger partial charge on any atom is 0.407 e. The minimum atomic E-state index is -0.973. The molecule has 0 saturated heterocycles. The van der Waals surface area contributed by atoms with E-state index in [2.05, 4.69) is 0 Å². The fraction of sp³-hybridized carbons (Fsp3) is 0.364. The number of ether oxygens (including phenoxy) is 1. The Morgan fingerprint density at radius 2 is 2.25 bits per heavy atom. The molecule has 1 aromatic carbocycles. The third kappa shape index (κ3) is 3.31. The third-order valence-electron chi connectivity index (χ3n) is 2.16. The molecule has 1 amide bonds. The topological polar surface area (TPSA) is 49.8 Å². The first-order valence-electron chi connectivity index (χ1n) is 4.84. The molecule has 16 heavy (non-hydrogen) atoms. The first-order valence-corrected chi connectivity index (χ1v) is 5.22. The van der Waals surface area contributed by atoms with Gasteiger partial charge in [-0.1, -0.05) is 23.7 Å². The average molecular weight is 244 g/mol. The molecule has 0 aliphatic rings. The van der Waals surface area contributed by atoms with Gasteiger partial charge in [0.05, 0.1) is 11.6 Å². The van der Waals surface area contributed by atoms with E-state index in [4.69, 9.17) is 21.4 Å². The van der Waals surface area contributed by atoms with Crippen LogP contribution in [-0.2, 0) is 0 Å². The minimum Gasteiger partial charge on any atom is -0.490 e. The summed E-state index contributed by atoms with van der Waals surface area (Å²) in [5.74, 6) is 0.614. The van der Waals surface area contributed by atoms with E-state index in [-0.39, 0.29) is 6.61 Å². The Kier molecular flexibility index (Phi) is 4.43. The van der Waals surface area contributed by atoms with Gasteiger partial charge in [-0.15, -0.1) is 0 Å². The van der Waals surface area contributed by atoms with Gasteiger partial charge in [0.25, 0.3) is 0 Å². The molecule has 0 fully saturated rings. The molecular formula is C11H14ClNO3. The Morgan fingerprint density at radius 1 is 1.56 bits per heavy atom. The first kappa shape index (κ1) is 12.6. The van der Waals surface area contributed by atoms with Crippen molar-refractivity contribution in [2.45, 2.75) is 6.92 Å². The Morgan fingerprint density at radius 3 is 2.81 bits per heavy atom. The molecule has 88 valence electrons.